The van der Waals surface area contributed by atoms with E-state index in [2.05, 4.69) is 20.3 Å². The number of nitrogen functional groups attached to an aromatic ring is 1. The summed E-state index contributed by atoms with van der Waals surface area (Å²) in [5.74, 6) is -0.271. The summed E-state index contributed by atoms with van der Waals surface area (Å²) >= 11 is 0. The number of benzene rings is 1. The second kappa shape index (κ2) is 6.79. The van der Waals surface area contributed by atoms with Gasteiger partial charge in [-0.3, -0.25) is 14.5 Å². The lowest BCUT2D eigenvalue weighted by atomic mass is 9.85. The van der Waals surface area contributed by atoms with Crippen molar-refractivity contribution in [2.24, 2.45) is 11.8 Å². The van der Waals surface area contributed by atoms with E-state index in [0.29, 0.717) is 12.8 Å². The van der Waals surface area contributed by atoms with E-state index < -0.39 is 0 Å². The van der Waals surface area contributed by atoms with Crippen molar-refractivity contribution in [1.29, 1.82) is 0 Å². The Morgan fingerprint density at radius 3 is 2.41 bits per heavy atom. The summed E-state index contributed by atoms with van der Waals surface area (Å²) in [7, 11) is 0. The second-order valence-electron chi connectivity index (χ2n) is 6.79. The molecular formula is C19H20N6O2. The van der Waals surface area contributed by atoms with Crippen LogP contribution in [0.3, 0.4) is 0 Å². The Morgan fingerprint density at radius 2 is 1.74 bits per heavy atom. The Morgan fingerprint density at radius 1 is 1.07 bits per heavy atom. The number of nitrogens with two attached hydrogens (primary N) is 1. The van der Waals surface area contributed by atoms with Gasteiger partial charge in [0.05, 0.1) is 18.4 Å². The maximum absolute atomic E-state index is 12.6. The van der Waals surface area contributed by atoms with Crippen LogP contribution in [0.1, 0.15) is 24.2 Å². The Balaban J connectivity index is 1.56. The molecule has 1 aliphatic heterocycles. The molecule has 8 heteroatoms. The van der Waals surface area contributed by atoms with Gasteiger partial charge in [-0.2, -0.15) is 15.0 Å². The van der Waals surface area contributed by atoms with Gasteiger partial charge in [-0.25, -0.2) is 0 Å². The third kappa shape index (κ3) is 3.25. The van der Waals surface area contributed by atoms with Gasteiger partial charge in [0.1, 0.15) is 0 Å². The third-order valence-corrected chi connectivity index (χ3v) is 4.99. The zero-order valence-electron chi connectivity index (χ0n) is 14.9. The number of hydrogen-bond donors (Lipinski definition) is 2. The molecule has 0 bridgehead atoms. The molecule has 2 heterocycles. The molecule has 1 saturated heterocycles. The van der Waals surface area contributed by atoms with Gasteiger partial charge in [-0.05, 0) is 31.4 Å². The number of hydrogen-bond acceptors (Lipinski definition) is 7. The van der Waals surface area contributed by atoms with Crippen LogP contribution in [0.4, 0.5) is 17.6 Å². The largest absolute Gasteiger partial charge is 0.368 e. The second-order valence-corrected chi connectivity index (χ2v) is 6.79. The predicted octanol–water partition coefficient (Wildman–Crippen LogP) is 1.96. The highest BCUT2D eigenvalue weighted by Crippen LogP contribution is 2.35. The highest BCUT2D eigenvalue weighted by atomic mass is 16.2. The van der Waals surface area contributed by atoms with Crippen LogP contribution >= 0.6 is 0 Å². The van der Waals surface area contributed by atoms with Crippen molar-refractivity contribution in [2.45, 2.75) is 26.3 Å². The molecule has 138 valence electrons. The fourth-order valence-electron chi connectivity index (χ4n) is 3.56. The summed E-state index contributed by atoms with van der Waals surface area (Å²) in [6.45, 7) is 1.96. The van der Waals surface area contributed by atoms with E-state index in [1.807, 2.05) is 43.3 Å². The molecule has 4 rings (SSSR count). The molecule has 2 aliphatic rings. The minimum atomic E-state index is -0.272. The van der Waals surface area contributed by atoms with Crippen molar-refractivity contribution in [2.75, 3.05) is 11.1 Å². The van der Waals surface area contributed by atoms with Gasteiger partial charge in [0, 0.05) is 5.69 Å². The van der Waals surface area contributed by atoms with Gasteiger partial charge < -0.3 is 11.1 Å². The Labute approximate surface area is 156 Å². The fourth-order valence-corrected chi connectivity index (χ4v) is 3.56. The Kier molecular flexibility index (Phi) is 4.31. The number of para-hydroxylation sites is 1. The molecule has 3 N–H and O–H groups in total. The molecule has 0 unspecified atom stereocenters. The first-order chi connectivity index (χ1) is 13.0. The number of allylic oxidation sites excluding steroid dienone is 2. The number of fused-ring (bicyclic) bond motifs is 1. The fraction of sp³-hybridized carbons (Fsp3) is 0.316. The minimum Gasteiger partial charge on any atom is -0.368 e. The van der Waals surface area contributed by atoms with Gasteiger partial charge in [0.25, 0.3) is 0 Å². The van der Waals surface area contributed by atoms with E-state index in [0.717, 1.165) is 11.3 Å². The number of carbonyl (C=O) groups excluding carboxylic acids is 2. The van der Waals surface area contributed by atoms with Crippen molar-refractivity contribution >= 4 is 29.4 Å². The molecule has 2 atom stereocenters. The standard InChI is InChI=1S/C19H20N6O2/c1-11-6-2-5-9-14(11)21-19-23-15(22-18(20)24-19)10-25-16(26)12-7-3-4-8-13(12)17(25)27/h2-6,9,12-13H,7-8,10H2,1H3,(H3,20,21,22,23,24)/t12-,13-/m1/s1. The maximum Gasteiger partial charge on any atom is 0.233 e. The summed E-state index contributed by atoms with van der Waals surface area (Å²) in [4.78, 5) is 39.0. The number of likely N-dealkylation sites (tertiary alicyclic amines) is 1. The molecule has 1 fully saturated rings. The molecule has 2 aromatic rings. The monoisotopic (exact) mass is 364 g/mol. The van der Waals surface area contributed by atoms with Crippen molar-refractivity contribution in [3.8, 4) is 0 Å². The smallest absolute Gasteiger partial charge is 0.233 e. The first-order valence-corrected chi connectivity index (χ1v) is 8.86. The molecule has 0 spiro atoms. The number of amides is 2. The molecule has 0 radical (unpaired) electrons. The average Bonchev–Trinajstić information content (AvgIpc) is 2.89. The van der Waals surface area contributed by atoms with Crippen molar-refractivity contribution < 1.29 is 9.59 Å². The molecule has 0 saturated carbocycles. The van der Waals surface area contributed by atoms with Crippen LogP contribution < -0.4 is 11.1 Å². The first-order valence-electron chi connectivity index (χ1n) is 8.86. The normalized spacial score (nSPS) is 21.4. The minimum absolute atomic E-state index is 0.000160. The zero-order valence-corrected chi connectivity index (χ0v) is 14.9. The van der Waals surface area contributed by atoms with E-state index >= 15 is 0 Å². The number of aromatic nitrogens is 3. The maximum atomic E-state index is 12.6. The molecule has 1 aromatic heterocycles. The first kappa shape index (κ1) is 17.1. The molecule has 1 aliphatic carbocycles. The Hall–Kier alpha value is -3.29. The number of nitrogens with one attached hydrogen (secondary N) is 1. The van der Waals surface area contributed by atoms with Gasteiger partial charge in [0.15, 0.2) is 5.82 Å². The highest BCUT2D eigenvalue weighted by molar-refractivity contribution is 6.05. The lowest BCUT2D eigenvalue weighted by molar-refractivity contribution is -0.140. The number of carbonyl (C=O) groups is 2. The van der Waals surface area contributed by atoms with E-state index in [-0.39, 0.29) is 47.9 Å². The average molecular weight is 364 g/mol. The number of nitrogens with zero attached hydrogens (tertiary/aromatic N) is 4. The number of anilines is 3. The number of imide groups is 1. The van der Waals surface area contributed by atoms with E-state index in [1.165, 1.54) is 4.90 Å². The summed E-state index contributed by atoms with van der Waals surface area (Å²) in [5, 5.41) is 3.11. The Bertz CT molecular complexity index is 916. The number of aryl methyl sites for hydroxylation is 1. The summed E-state index contributed by atoms with van der Waals surface area (Å²) in [6.07, 6.45) is 5.12. The van der Waals surface area contributed by atoms with E-state index in [1.54, 1.807) is 0 Å². The topological polar surface area (TPSA) is 114 Å². The van der Waals surface area contributed by atoms with Gasteiger partial charge in [0.2, 0.25) is 23.7 Å². The van der Waals surface area contributed by atoms with Crippen LogP contribution in [-0.4, -0.2) is 31.7 Å². The van der Waals surface area contributed by atoms with E-state index in [4.69, 9.17) is 5.73 Å². The molecule has 8 nitrogen and oxygen atoms in total. The lowest BCUT2D eigenvalue weighted by Crippen LogP contribution is -2.31. The van der Waals surface area contributed by atoms with Crippen molar-refractivity contribution in [1.82, 2.24) is 19.9 Å². The van der Waals surface area contributed by atoms with Crippen molar-refractivity contribution in [3.05, 3.63) is 47.8 Å². The van der Waals surface area contributed by atoms with Crippen LogP contribution in [0.5, 0.6) is 0 Å². The highest BCUT2D eigenvalue weighted by Gasteiger charge is 2.47. The number of rotatable bonds is 4. The van der Waals surface area contributed by atoms with Crippen LogP contribution in [0.15, 0.2) is 36.4 Å². The lowest BCUT2D eigenvalue weighted by Gasteiger charge is -2.15. The predicted molar refractivity (Wildman–Crippen MR) is 99.6 cm³/mol. The van der Waals surface area contributed by atoms with E-state index in [9.17, 15) is 9.59 Å². The van der Waals surface area contributed by atoms with Crippen LogP contribution in [-0.2, 0) is 16.1 Å². The molecule has 1 aromatic carbocycles. The van der Waals surface area contributed by atoms with Crippen molar-refractivity contribution in [3.63, 3.8) is 0 Å². The van der Waals surface area contributed by atoms with Gasteiger partial charge in [-0.1, -0.05) is 30.4 Å². The summed E-state index contributed by atoms with van der Waals surface area (Å²) in [6, 6.07) is 7.70. The summed E-state index contributed by atoms with van der Waals surface area (Å²) < 4.78 is 0. The zero-order chi connectivity index (χ0) is 19.0. The molecule has 27 heavy (non-hydrogen) atoms. The van der Waals surface area contributed by atoms with Crippen LogP contribution in [0, 0.1) is 18.8 Å². The van der Waals surface area contributed by atoms with Crippen LogP contribution in [0.25, 0.3) is 0 Å². The van der Waals surface area contributed by atoms with Gasteiger partial charge >= 0.3 is 0 Å². The molecule has 2 amide bonds. The van der Waals surface area contributed by atoms with Gasteiger partial charge in [-0.15, -0.1) is 0 Å². The SMILES string of the molecule is Cc1ccccc1Nc1nc(N)nc(CN2C(=O)[C@@H]3CC=CC[C@H]3C2=O)n1. The quantitative estimate of drug-likeness (QED) is 0.629. The summed E-state index contributed by atoms with van der Waals surface area (Å²) in [5.41, 5.74) is 7.69. The molecular weight excluding hydrogens is 344 g/mol. The third-order valence-electron chi connectivity index (χ3n) is 4.99. The van der Waals surface area contributed by atoms with Crippen LogP contribution in [0.2, 0.25) is 0 Å².